The van der Waals surface area contributed by atoms with Gasteiger partial charge in [0, 0.05) is 13.6 Å². The quantitative estimate of drug-likeness (QED) is 0.880. The van der Waals surface area contributed by atoms with Crippen molar-refractivity contribution in [2.45, 2.75) is 39.5 Å². The molecule has 0 unspecified atom stereocenters. The topological polar surface area (TPSA) is 75.4 Å². The molecular formula is C16H22F3N3O2. The van der Waals surface area contributed by atoms with Crippen LogP contribution in [0.25, 0.3) is 0 Å². The van der Waals surface area contributed by atoms with Crippen LogP contribution in [0.15, 0.2) is 24.3 Å². The summed E-state index contributed by atoms with van der Waals surface area (Å²) in [4.78, 5) is 24.8. The van der Waals surface area contributed by atoms with E-state index in [9.17, 15) is 22.8 Å². The third-order valence-electron chi connectivity index (χ3n) is 3.51. The predicted octanol–water partition coefficient (Wildman–Crippen LogP) is 2.75. The van der Waals surface area contributed by atoms with Crippen molar-refractivity contribution >= 4 is 11.9 Å². The first-order valence-corrected chi connectivity index (χ1v) is 7.30. The molecule has 0 fully saturated rings. The Balaban J connectivity index is 3.04. The van der Waals surface area contributed by atoms with E-state index < -0.39 is 35.1 Å². The molecule has 134 valence electrons. The molecule has 0 spiro atoms. The average Bonchev–Trinajstić information content (AvgIpc) is 2.42. The molecule has 0 aromatic heterocycles. The average molecular weight is 345 g/mol. The van der Waals surface area contributed by atoms with E-state index in [-0.39, 0.29) is 12.1 Å². The molecule has 1 rings (SSSR count). The maximum atomic E-state index is 13.0. The summed E-state index contributed by atoms with van der Waals surface area (Å²) in [7, 11) is 1.39. The minimum absolute atomic E-state index is 0.0208. The monoisotopic (exact) mass is 345 g/mol. The summed E-state index contributed by atoms with van der Waals surface area (Å²) in [6, 6.07) is 3.24. The number of hydrogen-bond donors (Lipinski definition) is 2. The second kappa shape index (κ2) is 7.11. The number of hydrogen-bond acceptors (Lipinski definition) is 2. The minimum Gasteiger partial charge on any atom is -0.352 e. The highest BCUT2D eigenvalue weighted by molar-refractivity contribution is 5.87. The number of nitrogens with two attached hydrogens (primary N) is 1. The van der Waals surface area contributed by atoms with Crippen molar-refractivity contribution in [1.82, 2.24) is 10.2 Å². The van der Waals surface area contributed by atoms with Crippen molar-refractivity contribution in [3.8, 4) is 0 Å². The number of alkyl halides is 3. The Hall–Kier alpha value is -2.25. The Bertz CT molecular complexity index is 609. The molecule has 1 atom stereocenters. The Labute approximate surface area is 139 Å². The standard InChI is InChI=1S/C16H22F3N3O2/c1-15(2,3)12(21-14(20)24)13(23)22(4)9-10-7-5-6-8-11(10)16(17,18)19/h5-8,12H,9H2,1-4H3,(H3,20,21,24)/t12-/m1/s1. The third kappa shape index (κ3) is 5.14. The number of nitrogens with zero attached hydrogens (tertiary/aromatic N) is 1. The van der Waals surface area contributed by atoms with Crippen molar-refractivity contribution in [3.05, 3.63) is 35.4 Å². The number of carbonyl (C=O) groups excluding carboxylic acids is 2. The summed E-state index contributed by atoms with van der Waals surface area (Å²) < 4.78 is 39.1. The third-order valence-corrected chi connectivity index (χ3v) is 3.51. The predicted molar refractivity (Wildman–Crippen MR) is 83.9 cm³/mol. The van der Waals surface area contributed by atoms with E-state index in [0.29, 0.717) is 0 Å². The first-order chi connectivity index (χ1) is 10.8. The van der Waals surface area contributed by atoms with E-state index in [1.165, 1.54) is 25.2 Å². The molecule has 5 nitrogen and oxygen atoms in total. The van der Waals surface area contributed by atoms with Gasteiger partial charge in [-0.15, -0.1) is 0 Å². The lowest BCUT2D eigenvalue weighted by Crippen LogP contribution is -2.55. The van der Waals surface area contributed by atoms with Crippen molar-refractivity contribution in [3.63, 3.8) is 0 Å². The maximum absolute atomic E-state index is 13.0. The highest BCUT2D eigenvalue weighted by Crippen LogP contribution is 2.32. The molecule has 0 aliphatic carbocycles. The van der Waals surface area contributed by atoms with Crippen molar-refractivity contribution in [1.29, 1.82) is 0 Å². The number of nitrogens with one attached hydrogen (secondary N) is 1. The molecule has 24 heavy (non-hydrogen) atoms. The van der Waals surface area contributed by atoms with E-state index in [2.05, 4.69) is 5.32 Å². The van der Waals surface area contributed by atoms with Gasteiger partial charge in [-0.3, -0.25) is 4.79 Å². The molecular weight excluding hydrogens is 323 g/mol. The van der Waals surface area contributed by atoms with Crippen LogP contribution in [0, 0.1) is 5.41 Å². The van der Waals surface area contributed by atoms with Gasteiger partial charge in [0.05, 0.1) is 5.56 Å². The second-order valence-electron chi connectivity index (χ2n) is 6.66. The maximum Gasteiger partial charge on any atom is 0.416 e. The zero-order chi connectivity index (χ0) is 18.7. The van der Waals surface area contributed by atoms with Gasteiger partial charge in [0.25, 0.3) is 0 Å². The van der Waals surface area contributed by atoms with Crippen LogP contribution in [-0.2, 0) is 17.5 Å². The number of amides is 3. The van der Waals surface area contributed by atoms with Gasteiger partial charge < -0.3 is 16.0 Å². The minimum atomic E-state index is -4.50. The summed E-state index contributed by atoms with van der Waals surface area (Å²) in [6.45, 7) is 4.94. The number of benzene rings is 1. The van der Waals surface area contributed by atoms with Crippen molar-refractivity contribution < 1.29 is 22.8 Å². The van der Waals surface area contributed by atoms with Crippen LogP contribution >= 0.6 is 0 Å². The normalized spacial score (nSPS) is 13.3. The van der Waals surface area contributed by atoms with E-state index in [1.54, 1.807) is 20.8 Å². The summed E-state index contributed by atoms with van der Waals surface area (Å²) >= 11 is 0. The summed E-state index contributed by atoms with van der Waals surface area (Å²) in [5.41, 5.74) is 3.63. The van der Waals surface area contributed by atoms with Crippen molar-refractivity contribution in [2.24, 2.45) is 11.1 Å². The molecule has 0 aliphatic rings. The van der Waals surface area contributed by atoms with E-state index in [0.717, 1.165) is 11.0 Å². The van der Waals surface area contributed by atoms with Crippen LogP contribution in [-0.4, -0.2) is 29.9 Å². The molecule has 0 bridgehead atoms. The Kier molecular flexibility index (Phi) is 5.86. The number of urea groups is 1. The fourth-order valence-corrected chi connectivity index (χ4v) is 2.28. The molecule has 8 heteroatoms. The molecule has 0 heterocycles. The molecule has 3 N–H and O–H groups in total. The van der Waals surface area contributed by atoms with Crippen LogP contribution in [0.1, 0.15) is 31.9 Å². The Morgan fingerprint density at radius 1 is 1.21 bits per heavy atom. The Morgan fingerprint density at radius 2 is 1.75 bits per heavy atom. The summed E-state index contributed by atoms with van der Waals surface area (Å²) in [5.74, 6) is -0.515. The highest BCUT2D eigenvalue weighted by atomic mass is 19.4. The van der Waals surface area contributed by atoms with Gasteiger partial charge in [-0.1, -0.05) is 39.0 Å². The van der Waals surface area contributed by atoms with Gasteiger partial charge in [0.15, 0.2) is 0 Å². The molecule has 0 aliphatic heterocycles. The molecule has 0 saturated heterocycles. The summed E-state index contributed by atoms with van der Waals surface area (Å²) in [5, 5.41) is 2.36. The second-order valence-corrected chi connectivity index (χ2v) is 6.66. The van der Waals surface area contributed by atoms with Gasteiger partial charge in [-0.2, -0.15) is 13.2 Å². The zero-order valence-corrected chi connectivity index (χ0v) is 14.1. The molecule has 0 radical (unpaired) electrons. The number of rotatable bonds is 4. The van der Waals surface area contributed by atoms with Crippen molar-refractivity contribution in [2.75, 3.05) is 7.05 Å². The van der Waals surface area contributed by atoms with Crippen LogP contribution < -0.4 is 11.1 Å². The van der Waals surface area contributed by atoms with Crippen LogP contribution in [0.2, 0.25) is 0 Å². The lowest BCUT2D eigenvalue weighted by molar-refractivity contribution is -0.140. The van der Waals surface area contributed by atoms with Gasteiger partial charge in [0.1, 0.15) is 6.04 Å². The number of halogens is 3. The van der Waals surface area contributed by atoms with E-state index >= 15 is 0 Å². The highest BCUT2D eigenvalue weighted by Gasteiger charge is 2.36. The smallest absolute Gasteiger partial charge is 0.352 e. The SMILES string of the molecule is CN(Cc1ccccc1C(F)(F)F)C(=O)[C@@H](NC(N)=O)C(C)(C)C. The van der Waals surface area contributed by atoms with E-state index in [4.69, 9.17) is 5.73 Å². The largest absolute Gasteiger partial charge is 0.416 e. The van der Waals surface area contributed by atoms with Gasteiger partial charge in [-0.05, 0) is 17.0 Å². The van der Waals surface area contributed by atoms with E-state index in [1.807, 2.05) is 0 Å². The summed E-state index contributed by atoms with van der Waals surface area (Å²) in [6.07, 6.45) is -4.50. The molecule has 1 aromatic rings. The molecule has 0 saturated carbocycles. The molecule has 3 amide bonds. The van der Waals surface area contributed by atoms with Crippen LogP contribution in [0.4, 0.5) is 18.0 Å². The lowest BCUT2D eigenvalue weighted by atomic mass is 9.85. The van der Waals surface area contributed by atoms with Crippen LogP contribution in [0.3, 0.4) is 0 Å². The number of likely N-dealkylation sites (N-methyl/N-ethyl adjacent to an activating group) is 1. The van der Waals surface area contributed by atoms with Gasteiger partial charge >= 0.3 is 12.2 Å². The number of carbonyl (C=O) groups is 2. The van der Waals surface area contributed by atoms with Gasteiger partial charge in [-0.25, -0.2) is 4.79 Å². The Morgan fingerprint density at radius 3 is 2.21 bits per heavy atom. The first kappa shape index (κ1) is 19.8. The fraction of sp³-hybridized carbons (Fsp3) is 0.500. The van der Waals surface area contributed by atoms with Gasteiger partial charge in [0.2, 0.25) is 5.91 Å². The van der Waals surface area contributed by atoms with Crippen LogP contribution in [0.5, 0.6) is 0 Å². The first-order valence-electron chi connectivity index (χ1n) is 7.30. The fourth-order valence-electron chi connectivity index (χ4n) is 2.28. The molecule has 1 aromatic carbocycles. The number of primary amides is 1. The zero-order valence-electron chi connectivity index (χ0n) is 14.1. The lowest BCUT2D eigenvalue weighted by Gasteiger charge is -2.33.